The number of benzene rings is 1. The van der Waals surface area contributed by atoms with Crippen molar-refractivity contribution in [1.29, 1.82) is 0 Å². The van der Waals surface area contributed by atoms with E-state index >= 15 is 0 Å². The second-order valence-electron chi connectivity index (χ2n) is 3.11. The van der Waals surface area contributed by atoms with E-state index in [2.05, 4.69) is 28.7 Å². The van der Waals surface area contributed by atoms with E-state index in [9.17, 15) is 0 Å². The zero-order valence-corrected chi connectivity index (χ0v) is 9.39. The maximum absolute atomic E-state index is 5.99. The molecule has 1 aromatic rings. The average Bonchev–Trinajstić information content (AvgIpc) is 2.35. The van der Waals surface area contributed by atoms with E-state index in [1.807, 2.05) is 6.07 Å². The minimum absolute atomic E-state index is 0.228. The summed E-state index contributed by atoms with van der Waals surface area (Å²) < 4.78 is 1.10. The fourth-order valence-electron chi connectivity index (χ4n) is 1.63. The third kappa shape index (κ3) is 1.36. The lowest BCUT2D eigenvalue weighted by Gasteiger charge is -2.05. The van der Waals surface area contributed by atoms with E-state index < -0.39 is 0 Å². The summed E-state index contributed by atoms with van der Waals surface area (Å²) in [5.74, 6) is 0. The molecule has 0 spiro atoms. The van der Waals surface area contributed by atoms with Gasteiger partial charge in [-0.2, -0.15) is 0 Å². The van der Waals surface area contributed by atoms with Gasteiger partial charge in [0.2, 0.25) is 0 Å². The van der Waals surface area contributed by atoms with Crippen LogP contribution in [0.5, 0.6) is 0 Å². The lowest BCUT2D eigenvalue weighted by Crippen LogP contribution is -2.05. The van der Waals surface area contributed by atoms with Gasteiger partial charge in [-0.25, -0.2) is 0 Å². The van der Waals surface area contributed by atoms with E-state index in [0.29, 0.717) is 0 Å². The first-order valence-corrected chi connectivity index (χ1v) is 5.37. The van der Waals surface area contributed by atoms with Gasteiger partial charge < -0.3 is 5.73 Å². The zero-order valence-electron chi connectivity index (χ0n) is 6.48. The zero-order chi connectivity index (χ0) is 8.72. The maximum atomic E-state index is 5.99. The van der Waals surface area contributed by atoms with Crippen molar-refractivity contribution in [3.8, 4) is 0 Å². The highest BCUT2D eigenvalue weighted by atomic mass is 127. The highest BCUT2D eigenvalue weighted by Gasteiger charge is 2.19. The fraction of sp³-hybridized carbons (Fsp3) is 0.333. The second-order valence-corrected chi connectivity index (χ2v) is 4.68. The van der Waals surface area contributed by atoms with Crippen molar-refractivity contribution in [2.45, 2.75) is 18.9 Å². The Morgan fingerprint density at radius 3 is 3.00 bits per heavy atom. The van der Waals surface area contributed by atoms with Crippen molar-refractivity contribution in [2.75, 3.05) is 0 Å². The molecular weight excluding hydrogens is 284 g/mol. The molecule has 64 valence electrons. The molecular formula is C9H9ClIN. The lowest BCUT2D eigenvalue weighted by atomic mass is 10.1. The molecule has 0 bridgehead atoms. The van der Waals surface area contributed by atoms with Gasteiger partial charge in [0.05, 0.1) is 5.02 Å². The summed E-state index contributed by atoms with van der Waals surface area (Å²) in [5.41, 5.74) is 8.53. The molecule has 0 aliphatic heterocycles. The van der Waals surface area contributed by atoms with Gasteiger partial charge in [-0.3, -0.25) is 0 Å². The van der Waals surface area contributed by atoms with Gasteiger partial charge in [-0.15, -0.1) is 0 Å². The molecule has 1 nitrogen and oxygen atoms in total. The normalized spacial score (nSPS) is 21.1. The summed E-state index contributed by atoms with van der Waals surface area (Å²) in [6, 6.07) is 4.38. The van der Waals surface area contributed by atoms with Gasteiger partial charge in [0.25, 0.3) is 0 Å². The Hall–Kier alpha value is 0.200. The fourth-order valence-corrected chi connectivity index (χ4v) is 2.31. The van der Waals surface area contributed by atoms with Gasteiger partial charge in [0.1, 0.15) is 0 Å². The Balaban J connectivity index is 2.56. The molecule has 1 aromatic carbocycles. The maximum Gasteiger partial charge on any atom is 0.0542 e. The quantitative estimate of drug-likeness (QED) is 0.731. The molecule has 12 heavy (non-hydrogen) atoms. The van der Waals surface area contributed by atoms with Gasteiger partial charge in [0.15, 0.2) is 0 Å². The van der Waals surface area contributed by atoms with Crippen molar-refractivity contribution in [2.24, 2.45) is 5.73 Å². The summed E-state index contributed by atoms with van der Waals surface area (Å²) >= 11 is 8.23. The minimum atomic E-state index is 0.228. The molecule has 0 aromatic heterocycles. The van der Waals surface area contributed by atoms with Crippen LogP contribution in [0.3, 0.4) is 0 Å². The topological polar surface area (TPSA) is 26.0 Å². The van der Waals surface area contributed by atoms with Crippen LogP contribution in [-0.2, 0) is 6.42 Å². The molecule has 1 aliphatic rings. The molecule has 1 atom stereocenters. The van der Waals surface area contributed by atoms with Crippen molar-refractivity contribution in [1.82, 2.24) is 0 Å². The largest absolute Gasteiger partial charge is 0.324 e. The van der Waals surface area contributed by atoms with Crippen LogP contribution < -0.4 is 5.73 Å². The highest BCUT2D eigenvalue weighted by Crippen LogP contribution is 2.33. The number of hydrogen-bond acceptors (Lipinski definition) is 1. The van der Waals surface area contributed by atoms with Crippen molar-refractivity contribution < 1.29 is 0 Å². The van der Waals surface area contributed by atoms with E-state index in [4.69, 9.17) is 17.3 Å². The second kappa shape index (κ2) is 3.16. The van der Waals surface area contributed by atoms with Crippen molar-refractivity contribution in [3.05, 3.63) is 31.9 Å². The SMILES string of the molecule is N[C@H]1CCc2cc(Cl)c(I)cc21. The van der Waals surface area contributed by atoms with Gasteiger partial charge >= 0.3 is 0 Å². The first-order chi connectivity index (χ1) is 5.68. The Bertz CT molecular complexity index is 325. The summed E-state index contributed by atoms with van der Waals surface area (Å²) in [7, 11) is 0. The summed E-state index contributed by atoms with van der Waals surface area (Å²) in [6.07, 6.45) is 2.14. The molecule has 2 N–H and O–H groups in total. The molecule has 1 aliphatic carbocycles. The van der Waals surface area contributed by atoms with Crippen LogP contribution in [0, 0.1) is 3.57 Å². The number of halogens is 2. The lowest BCUT2D eigenvalue weighted by molar-refractivity contribution is 0.713. The molecule has 0 saturated heterocycles. The van der Waals surface area contributed by atoms with E-state index in [1.165, 1.54) is 11.1 Å². The van der Waals surface area contributed by atoms with Crippen LogP contribution in [0.2, 0.25) is 5.02 Å². The van der Waals surface area contributed by atoms with Crippen LogP contribution in [0.25, 0.3) is 0 Å². The molecule has 0 radical (unpaired) electrons. The van der Waals surface area contributed by atoms with Crippen molar-refractivity contribution >= 4 is 34.2 Å². The summed E-state index contributed by atoms with van der Waals surface area (Å²) in [5, 5.41) is 0.850. The van der Waals surface area contributed by atoms with Gasteiger partial charge in [0, 0.05) is 9.61 Å². The highest BCUT2D eigenvalue weighted by molar-refractivity contribution is 14.1. The van der Waals surface area contributed by atoms with Crippen LogP contribution in [0.15, 0.2) is 12.1 Å². The predicted molar refractivity (Wildman–Crippen MR) is 59.4 cm³/mol. The number of aryl methyl sites for hydroxylation is 1. The molecule has 0 fully saturated rings. The molecule has 0 unspecified atom stereocenters. The first kappa shape index (κ1) is 8.78. The summed E-state index contributed by atoms with van der Waals surface area (Å²) in [6.45, 7) is 0. The molecule has 2 rings (SSSR count). The number of rotatable bonds is 0. The Morgan fingerprint density at radius 1 is 1.50 bits per heavy atom. The van der Waals surface area contributed by atoms with Crippen LogP contribution in [0.4, 0.5) is 0 Å². The van der Waals surface area contributed by atoms with Crippen LogP contribution in [-0.4, -0.2) is 0 Å². The molecule has 0 amide bonds. The third-order valence-corrected chi connectivity index (χ3v) is 3.83. The van der Waals surface area contributed by atoms with Crippen molar-refractivity contribution in [3.63, 3.8) is 0 Å². The first-order valence-electron chi connectivity index (χ1n) is 3.92. The smallest absolute Gasteiger partial charge is 0.0542 e. The molecule has 3 heteroatoms. The number of nitrogens with two attached hydrogens (primary N) is 1. The van der Waals surface area contributed by atoms with Crippen LogP contribution in [0.1, 0.15) is 23.6 Å². The van der Waals surface area contributed by atoms with E-state index in [-0.39, 0.29) is 6.04 Å². The van der Waals surface area contributed by atoms with E-state index in [1.54, 1.807) is 0 Å². The standard InChI is InChI=1S/C9H9ClIN/c10-7-3-5-1-2-9(12)6(5)4-8(7)11/h3-4,9H,1-2,12H2/t9-/m0/s1. The minimum Gasteiger partial charge on any atom is -0.324 e. The molecule has 0 saturated carbocycles. The Kier molecular flexibility index (Phi) is 2.31. The van der Waals surface area contributed by atoms with E-state index in [0.717, 1.165) is 21.4 Å². The van der Waals surface area contributed by atoms with Gasteiger partial charge in [-0.1, -0.05) is 11.6 Å². The Morgan fingerprint density at radius 2 is 2.25 bits per heavy atom. The summed E-state index contributed by atoms with van der Waals surface area (Å²) in [4.78, 5) is 0. The predicted octanol–water partition coefficient (Wildman–Crippen LogP) is 2.89. The Labute approximate surface area is 90.4 Å². The molecule has 0 heterocycles. The van der Waals surface area contributed by atoms with Crippen LogP contribution >= 0.6 is 34.2 Å². The van der Waals surface area contributed by atoms with Gasteiger partial charge in [-0.05, 0) is 58.7 Å². The number of hydrogen-bond donors (Lipinski definition) is 1. The average molecular weight is 294 g/mol. The third-order valence-electron chi connectivity index (χ3n) is 2.31. The monoisotopic (exact) mass is 293 g/mol. The number of fused-ring (bicyclic) bond motifs is 1.